The van der Waals surface area contributed by atoms with E-state index in [-0.39, 0.29) is 12.1 Å². The largest absolute Gasteiger partial charge is 0.379 e. The van der Waals surface area contributed by atoms with Crippen LogP contribution in [-0.2, 0) is 9.47 Å². The Kier molecular flexibility index (Phi) is 4.52. The van der Waals surface area contributed by atoms with E-state index in [2.05, 4.69) is 11.4 Å². The fourth-order valence-electron chi connectivity index (χ4n) is 1.67. The fourth-order valence-corrected chi connectivity index (χ4v) is 1.67. The van der Waals surface area contributed by atoms with Crippen LogP contribution in [-0.4, -0.2) is 37.5 Å². The van der Waals surface area contributed by atoms with Gasteiger partial charge in [0.05, 0.1) is 25.4 Å². The Balaban J connectivity index is 2.35. The van der Waals surface area contributed by atoms with Crippen LogP contribution in [0.15, 0.2) is 0 Å². The highest BCUT2D eigenvalue weighted by Gasteiger charge is 2.27. The monoisotopic (exact) mass is 212 g/mol. The van der Waals surface area contributed by atoms with Crippen molar-refractivity contribution in [3.8, 4) is 6.07 Å². The summed E-state index contributed by atoms with van der Waals surface area (Å²) in [5, 5.41) is 12.3. The third-order valence-electron chi connectivity index (χ3n) is 2.35. The second kappa shape index (κ2) is 5.45. The van der Waals surface area contributed by atoms with Crippen molar-refractivity contribution < 1.29 is 9.47 Å². The smallest absolute Gasteiger partial charge is 0.127 e. The quantitative estimate of drug-likeness (QED) is 0.740. The van der Waals surface area contributed by atoms with E-state index in [1.165, 1.54) is 0 Å². The molecule has 0 radical (unpaired) electrons. The van der Waals surface area contributed by atoms with Crippen LogP contribution in [0.4, 0.5) is 0 Å². The van der Waals surface area contributed by atoms with Crippen molar-refractivity contribution in [2.75, 3.05) is 19.8 Å². The number of nitriles is 1. The zero-order chi connectivity index (χ0) is 11.3. The van der Waals surface area contributed by atoms with Crippen molar-refractivity contribution >= 4 is 0 Å². The molecule has 0 aliphatic carbocycles. The molecule has 0 aromatic rings. The van der Waals surface area contributed by atoms with E-state index in [9.17, 15) is 0 Å². The van der Waals surface area contributed by atoms with Gasteiger partial charge in [0.15, 0.2) is 0 Å². The normalized spacial score (nSPS) is 25.1. The summed E-state index contributed by atoms with van der Waals surface area (Å²) in [5.74, 6) is 0. The van der Waals surface area contributed by atoms with E-state index in [0.717, 1.165) is 13.0 Å². The van der Waals surface area contributed by atoms with Crippen LogP contribution in [0.1, 0.15) is 27.2 Å². The van der Waals surface area contributed by atoms with Gasteiger partial charge in [-0.25, -0.2) is 0 Å². The topological polar surface area (TPSA) is 54.3 Å². The summed E-state index contributed by atoms with van der Waals surface area (Å²) in [6.45, 7) is 7.75. The zero-order valence-corrected chi connectivity index (χ0v) is 9.75. The second-order valence-corrected chi connectivity index (χ2v) is 4.54. The Morgan fingerprint density at radius 3 is 2.87 bits per heavy atom. The van der Waals surface area contributed by atoms with Gasteiger partial charge in [-0.05, 0) is 27.2 Å². The van der Waals surface area contributed by atoms with Crippen molar-refractivity contribution in [1.82, 2.24) is 5.32 Å². The van der Waals surface area contributed by atoms with E-state index in [1.807, 2.05) is 20.8 Å². The molecule has 1 fully saturated rings. The van der Waals surface area contributed by atoms with Gasteiger partial charge in [-0.15, -0.1) is 0 Å². The van der Waals surface area contributed by atoms with Gasteiger partial charge in [0.1, 0.15) is 5.54 Å². The van der Waals surface area contributed by atoms with Crippen LogP contribution in [0.25, 0.3) is 0 Å². The number of nitrogens with zero attached hydrogens (tertiary/aromatic N) is 1. The molecule has 2 atom stereocenters. The Morgan fingerprint density at radius 2 is 2.40 bits per heavy atom. The van der Waals surface area contributed by atoms with Gasteiger partial charge >= 0.3 is 0 Å². The molecular weight excluding hydrogens is 192 g/mol. The third kappa shape index (κ3) is 4.17. The maximum absolute atomic E-state index is 9.08. The molecule has 0 saturated carbocycles. The summed E-state index contributed by atoms with van der Waals surface area (Å²) >= 11 is 0. The minimum Gasteiger partial charge on any atom is -0.379 e. The predicted octanol–water partition coefficient (Wildman–Crippen LogP) is 1.07. The molecule has 4 nitrogen and oxygen atoms in total. The Bertz CT molecular complexity index is 231. The van der Waals surface area contributed by atoms with Crippen LogP contribution < -0.4 is 5.32 Å². The lowest BCUT2D eigenvalue weighted by atomic mass is 10.1. The molecule has 1 saturated heterocycles. The molecule has 0 aromatic carbocycles. The first-order valence-electron chi connectivity index (χ1n) is 5.44. The Labute approximate surface area is 91.6 Å². The van der Waals surface area contributed by atoms with Crippen molar-refractivity contribution in [3.05, 3.63) is 0 Å². The molecule has 1 heterocycles. The van der Waals surface area contributed by atoms with Gasteiger partial charge < -0.3 is 9.47 Å². The van der Waals surface area contributed by atoms with E-state index in [4.69, 9.17) is 14.7 Å². The minimum atomic E-state index is -0.600. The summed E-state index contributed by atoms with van der Waals surface area (Å²) in [4.78, 5) is 0. The van der Waals surface area contributed by atoms with E-state index in [0.29, 0.717) is 13.2 Å². The number of nitrogens with one attached hydrogen (secondary N) is 1. The van der Waals surface area contributed by atoms with Gasteiger partial charge in [-0.2, -0.15) is 5.26 Å². The Morgan fingerprint density at radius 1 is 1.67 bits per heavy atom. The molecule has 1 N–H and O–H groups in total. The molecular formula is C11H20N2O2. The molecule has 0 spiro atoms. The standard InChI is InChI=1S/C11H20N2O2/c1-9(2)13-11(3,7-12)8-15-10-4-5-14-6-10/h9-10,13H,4-6,8H2,1-3H3. The maximum Gasteiger partial charge on any atom is 0.127 e. The van der Waals surface area contributed by atoms with Crippen molar-refractivity contribution in [2.45, 2.75) is 44.9 Å². The predicted molar refractivity (Wildman–Crippen MR) is 57.5 cm³/mol. The first-order valence-corrected chi connectivity index (χ1v) is 5.44. The van der Waals surface area contributed by atoms with Crippen LogP contribution in [0.5, 0.6) is 0 Å². The molecule has 1 aliphatic heterocycles. The van der Waals surface area contributed by atoms with Crippen molar-refractivity contribution in [2.24, 2.45) is 0 Å². The van der Waals surface area contributed by atoms with Gasteiger partial charge in [0.25, 0.3) is 0 Å². The first-order chi connectivity index (χ1) is 7.06. The van der Waals surface area contributed by atoms with Crippen LogP contribution in [0, 0.1) is 11.3 Å². The highest BCUT2D eigenvalue weighted by Crippen LogP contribution is 2.12. The molecule has 15 heavy (non-hydrogen) atoms. The second-order valence-electron chi connectivity index (χ2n) is 4.54. The SMILES string of the molecule is CC(C)NC(C)(C#N)COC1CCOC1. The Hall–Kier alpha value is -0.630. The lowest BCUT2D eigenvalue weighted by Gasteiger charge is -2.26. The highest BCUT2D eigenvalue weighted by atomic mass is 16.5. The summed E-state index contributed by atoms with van der Waals surface area (Å²) in [6, 6.07) is 2.53. The highest BCUT2D eigenvalue weighted by molar-refractivity contribution is 5.04. The fraction of sp³-hybridized carbons (Fsp3) is 0.909. The van der Waals surface area contributed by atoms with E-state index >= 15 is 0 Å². The minimum absolute atomic E-state index is 0.159. The van der Waals surface area contributed by atoms with E-state index < -0.39 is 5.54 Å². The third-order valence-corrected chi connectivity index (χ3v) is 2.35. The lowest BCUT2D eigenvalue weighted by Crippen LogP contribution is -2.49. The molecule has 2 unspecified atom stereocenters. The zero-order valence-electron chi connectivity index (χ0n) is 9.75. The molecule has 0 aromatic heterocycles. The van der Waals surface area contributed by atoms with Gasteiger partial charge in [-0.3, -0.25) is 5.32 Å². The molecule has 4 heteroatoms. The number of hydrogen-bond donors (Lipinski definition) is 1. The summed E-state index contributed by atoms with van der Waals surface area (Å²) in [6.07, 6.45) is 1.09. The number of ether oxygens (including phenoxy) is 2. The lowest BCUT2D eigenvalue weighted by molar-refractivity contribution is 0.0188. The van der Waals surface area contributed by atoms with Gasteiger partial charge in [0, 0.05) is 12.6 Å². The van der Waals surface area contributed by atoms with Crippen molar-refractivity contribution in [3.63, 3.8) is 0 Å². The molecule has 86 valence electrons. The first kappa shape index (κ1) is 12.4. The molecule has 1 rings (SSSR count). The molecule has 1 aliphatic rings. The molecule has 0 bridgehead atoms. The summed E-state index contributed by atoms with van der Waals surface area (Å²) < 4.78 is 10.9. The average molecular weight is 212 g/mol. The average Bonchev–Trinajstić information content (AvgIpc) is 2.66. The summed E-state index contributed by atoms with van der Waals surface area (Å²) in [7, 11) is 0. The van der Waals surface area contributed by atoms with Crippen LogP contribution >= 0.6 is 0 Å². The summed E-state index contributed by atoms with van der Waals surface area (Å²) in [5.41, 5.74) is -0.600. The van der Waals surface area contributed by atoms with E-state index in [1.54, 1.807) is 0 Å². The number of hydrogen-bond acceptors (Lipinski definition) is 4. The van der Waals surface area contributed by atoms with Crippen molar-refractivity contribution in [1.29, 1.82) is 5.26 Å². The van der Waals surface area contributed by atoms with Crippen LogP contribution in [0.2, 0.25) is 0 Å². The van der Waals surface area contributed by atoms with Crippen LogP contribution in [0.3, 0.4) is 0 Å². The van der Waals surface area contributed by atoms with Gasteiger partial charge in [0.2, 0.25) is 0 Å². The maximum atomic E-state index is 9.08. The molecule has 0 amide bonds. The number of rotatable bonds is 5. The van der Waals surface area contributed by atoms with Gasteiger partial charge in [-0.1, -0.05) is 0 Å².